The van der Waals surface area contributed by atoms with Crippen LogP contribution in [0.25, 0.3) is 11.1 Å². The monoisotopic (exact) mass is 410 g/mol. The molecule has 0 aliphatic heterocycles. The van der Waals surface area contributed by atoms with Gasteiger partial charge in [0.15, 0.2) is 0 Å². The van der Waals surface area contributed by atoms with Crippen LogP contribution in [0.1, 0.15) is 44.7 Å². The number of hydrogen-bond donors (Lipinski definition) is 3. The molecule has 2 aromatic rings. The largest absolute Gasteiger partial charge is 0.480 e. The van der Waals surface area contributed by atoms with E-state index >= 15 is 0 Å². The van der Waals surface area contributed by atoms with Gasteiger partial charge >= 0.3 is 12.1 Å². The third kappa shape index (κ3) is 4.15. The average molecular weight is 410 g/mol. The lowest BCUT2D eigenvalue weighted by molar-refractivity contribution is -0.146. The molecule has 0 fully saturated rings. The maximum absolute atomic E-state index is 12.5. The second kappa shape index (κ2) is 7.82. The molecule has 7 heteroatoms. The van der Waals surface area contributed by atoms with Crippen molar-refractivity contribution < 1.29 is 24.2 Å². The van der Waals surface area contributed by atoms with Crippen LogP contribution in [0, 0.1) is 0 Å². The Balaban J connectivity index is 1.66. The van der Waals surface area contributed by atoms with Crippen LogP contribution < -0.4 is 10.6 Å². The number of ether oxygens (including phenoxy) is 1. The van der Waals surface area contributed by atoms with Gasteiger partial charge in [-0.05, 0) is 49.9 Å². The number of alkyl carbamates (subject to hydrolysis) is 1. The summed E-state index contributed by atoms with van der Waals surface area (Å²) in [5.74, 6) is -1.89. The lowest BCUT2D eigenvalue weighted by Gasteiger charge is -2.29. The molecule has 158 valence electrons. The molecule has 2 aromatic carbocycles. The first-order valence-electron chi connectivity index (χ1n) is 9.72. The molecule has 0 saturated carbocycles. The third-order valence-corrected chi connectivity index (χ3v) is 5.29. The van der Waals surface area contributed by atoms with Gasteiger partial charge in [0.05, 0.1) is 0 Å². The molecule has 0 aromatic heterocycles. The molecule has 7 nitrogen and oxygen atoms in total. The predicted octanol–water partition coefficient (Wildman–Crippen LogP) is 3.28. The number of fused-ring (bicyclic) bond motifs is 3. The number of nitrogens with one attached hydrogen (secondary N) is 2. The quantitative estimate of drug-likeness (QED) is 0.678. The summed E-state index contributed by atoms with van der Waals surface area (Å²) in [7, 11) is 0. The number of amides is 2. The molecule has 0 atom stereocenters. The van der Waals surface area contributed by atoms with Crippen molar-refractivity contribution in [1.82, 2.24) is 10.6 Å². The number of hydrogen-bond acceptors (Lipinski definition) is 4. The van der Waals surface area contributed by atoms with Crippen LogP contribution in [0.3, 0.4) is 0 Å². The average Bonchev–Trinajstić information content (AvgIpc) is 2.99. The Morgan fingerprint density at radius 2 is 1.37 bits per heavy atom. The Kier molecular flexibility index (Phi) is 5.57. The normalized spacial score (nSPS) is 13.2. The Bertz CT molecular complexity index is 951. The SMILES string of the molecule is CC(C)(NC(=O)C(C)(C)NC(=O)OCC1c2ccccc2-c2ccccc21)C(=O)O. The van der Waals surface area contributed by atoms with Crippen molar-refractivity contribution in [3.8, 4) is 11.1 Å². The minimum atomic E-state index is -1.46. The Morgan fingerprint density at radius 1 is 0.867 bits per heavy atom. The molecule has 0 unspecified atom stereocenters. The molecule has 0 heterocycles. The molecular weight excluding hydrogens is 384 g/mol. The number of carboxylic acids is 1. The molecule has 0 saturated heterocycles. The number of aliphatic carboxylic acids is 1. The van der Waals surface area contributed by atoms with Gasteiger partial charge in [0.2, 0.25) is 5.91 Å². The maximum atomic E-state index is 12.5. The van der Waals surface area contributed by atoms with Crippen molar-refractivity contribution in [2.24, 2.45) is 0 Å². The zero-order valence-corrected chi connectivity index (χ0v) is 17.5. The summed E-state index contributed by atoms with van der Waals surface area (Å²) >= 11 is 0. The highest BCUT2D eigenvalue weighted by atomic mass is 16.5. The van der Waals surface area contributed by atoms with E-state index in [4.69, 9.17) is 4.74 Å². The standard InChI is InChI=1S/C23H26N2O5/c1-22(2,19(26)24-23(3,4)20(27)28)25-21(29)30-13-18-16-11-7-5-9-14(16)15-10-6-8-12-17(15)18/h5-12,18H,13H2,1-4H3,(H,24,26)(H,25,29)(H,27,28). The van der Waals surface area contributed by atoms with Gasteiger partial charge in [0.25, 0.3) is 0 Å². The fraction of sp³-hybridized carbons (Fsp3) is 0.348. The Hall–Kier alpha value is -3.35. The molecule has 0 bridgehead atoms. The molecule has 2 amide bonds. The molecule has 3 N–H and O–H groups in total. The summed E-state index contributed by atoms with van der Waals surface area (Å²) in [6.07, 6.45) is -0.745. The summed E-state index contributed by atoms with van der Waals surface area (Å²) in [5, 5.41) is 14.1. The van der Waals surface area contributed by atoms with Gasteiger partial charge in [0.1, 0.15) is 17.7 Å². The number of carbonyl (C=O) groups is 3. The molecule has 0 spiro atoms. The van der Waals surface area contributed by atoms with Crippen molar-refractivity contribution in [2.75, 3.05) is 6.61 Å². The number of rotatable bonds is 6. The third-order valence-electron chi connectivity index (χ3n) is 5.29. The fourth-order valence-electron chi connectivity index (χ4n) is 3.44. The second-order valence-corrected chi connectivity index (χ2v) is 8.46. The van der Waals surface area contributed by atoms with Crippen LogP contribution in [0.15, 0.2) is 48.5 Å². The van der Waals surface area contributed by atoms with E-state index in [1.54, 1.807) is 0 Å². The zero-order chi connectivity index (χ0) is 22.1. The first kappa shape index (κ1) is 21.4. The smallest absolute Gasteiger partial charge is 0.408 e. The molecular formula is C23H26N2O5. The fourth-order valence-corrected chi connectivity index (χ4v) is 3.44. The number of benzene rings is 2. The highest BCUT2D eigenvalue weighted by Gasteiger charge is 2.37. The predicted molar refractivity (Wildman–Crippen MR) is 112 cm³/mol. The summed E-state index contributed by atoms with van der Waals surface area (Å²) in [4.78, 5) is 36.1. The van der Waals surface area contributed by atoms with Crippen LogP contribution in [-0.4, -0.2) is 40.8 Å². The summed E-state index contributed by atoms with van der Waals surface area (Å²) in [5.41, 5.74) is 1.61. The van der Waals surface area contributed by atoms with Gasteiger partial charge in [-0.1, -0.05) is 48.5 Å². The van der Waals surface area contributed by atoms with Crippen molar-refractivity contribution in [3.05, 3.63) is 59.7 Å². The van der Waals surface area contributed by atoms with Gasteiger partial charge in [0, 0.05) is 5.92 Å². The highest BCUT2D eigenvalue weighted by molar-refractivity contribution is 5.93. The lowest BCUT2D eigenvalue weighted by atomic mass is 9.98. The first-order chi connectivity index (χ1) is 14.0. The van der Waals surface area contributed by atoms with Gasteiger partial charge in [-0.3, -0.25) is 4.79 Å². The van der Waals surface area contributed by atoms with E-state index in [-0.39, 0.29) is 12.5 Å². The van der Waals surface area contributed by atoms with Gasteiger partial charge in [-0.2, -0.15) is 0 Å². The van der Waals surface area contributed by atoms with E-state index in [0.29, 0.717) is 0 Å². The number of carboxylic acid groups (broad SMARTS) is 1. The van der Waals surface area contributed by atoms with Crippen LogP contribution in [0.2, 0.25) is 0 Å². The Morgan fingerprint density at radius 3 is 1.87 bits per heavy atom. The van der Waals surface area contributed by atoms with E-state index in [1.807, 2.05) is 48.5 Å². The van der Waals surface area contributed by atoms with Gasteiger partial charge in [-0.15, -0.1) is 0 Å². The Labute approximate surface area is 175 Å². The van der Waals surface area contributed by atoms with Crippen molar-refractivity contribution in [3.63, 3.8) is 0 Å². The van der Waals surface area contributed by atoms with E-state index in [0.717, 1.165) is 22.3 Å². The van der Waals surface area contributed by atoms with Crippen LogP contribution in [0.4, 0.5) is 4.79 Å². The summed E-state index contributed by atoms with van der Waals surface area (Å²) in [6, 6.07) is 16.0. The summed E-state index contributed by atoms with van der Waals surface area (Å²) < 4.78 is 5.46. The number of carbonyl (C=O) groups excluding carboxylic acids is 2. The second-order valence-electron chi connectivity index (χ2n) is 8.46. The lowest BCUT2D eigenvalue weighted by Crippen LogP contribution is -2.61. The maximum Gasteiger partial charge on any atom is 0.408 e. The van der Waals surface area contributed by atoms with Crippen molar-refractivity contribution in [1.29, 1.82) is 0 Å². The molecule has 3 rings (SSSR count). The summed E-state index contributed by atoms with van der Waals surface area (Å²) in [6.45, 7) is 5.84. The van der Waals surface area contributed by atoms with Crippen LogP contribution in [0.5, 0.6) is 0 Å². The zero-order valence-electron chi connectivity index (χ0n) is 17.5. The molecule has 0 radical (unpaired) electrons. The minimum Gasteiger partial charge on any atom is -0.480 e. The van der Waals surface area contributed by atoms with E-state index in [9.17, 15) is 19.5 Å². The van der Waals surface area contributed by atoms with Crippen molar-refractivity contribution >= 4 is 18.0 Å². The highest BCUT2D eigenvalue weighted by Crippen LogP contribution is 2.44. The van der Waals surface area contributed by atoms with Crippen LogP contribution >= 0.6 is 0 Å². The van der Waals surface area contributed by atoms with Crippen molar-refractivity contribution in [2.45, 2.75) is 44.7 Å². The van der Waals surface area contributed by atoms with Crippen LogP contribution in [-0.2, 0) is 14.3 Å². The molecule has 30 heavy (non-hydrogen) atoms. The molecule has 1 aliphatic carbocycles. The van der Waals surface area contributed by atoms with Gasteiger partial charge < -0.3 is 20.5 Å². The minimum absolute atomic E-state index is 0.0916. The van der Waals surface area contributed by atoms with E-state index < -0.39 is 29.0 Å². The van der Waals surface area contributed by atoms with E-state index in [1.165, 1.54) is 27.7 Å². The first-order valence-corrected chi connectivity index (χ1v) is 9.72. The molecule has 1 aliphatic rings. The topological polar surface area (TPSA) is 105 Å². The van der Waals surface area contributed by atoms with E-state index in [2.05, 4.69) is 10.6 Å². The van der Waals surface area contributed by atoms with Gasteiger partial charge in [-0.25, -0.2) is 9.59 Å².